The maximum absolute atomic E-state index is 11.4. The van der Waals surface area contributed by atoms with Gasteiger partial charge in [-0.1, -0.05) is 62.6 Å². The van der Waals surface area contributed by atoms with Crippen molar-refractivity contribution in [1.29, 1.82) is 0 Å². The molecule has 0 saturated heterocycles. The molecule has 0 aliphatic heterocycles. The van der Waals surface area contributed by atoms with Crippen LogP contribution in [0, 0.1) is 41.4 Å². The van der Waals surface area contributed by atoms with Crippen molar-refractivity contribution in [2.24, 2.45) is 34.5 Å². The van der Waals surface area contributed by atoms with E-state index in [0.717, 1.165) is 24.2 Å². The van der Waals surface area contributed by atoms with Crippen molar-refractivity contribution >= 4 is 6.08 Å². The van der Waals surface area contributed by atoms with Crippen molar-refractivity contribution < 1.29 is 5.11 Å². The lowest BCUT2D eigenvalue weighted by Crippen LogP contribution is -2.53. The van der Waals surface area contributed by atoms with Crippen LogP contribution >= 0.6 is 0 Å². The molecule has 1 N–H and O–H groups in total. The number of aryl methyl sites for hydroxylation is 1. The Morgan fingerprint density at radius 1 is 0.893 bits per heavy atom. The van der Waals surface area contributed by atoms with E-state index in [0.29, 0.717) is 11.3 Å². The van der Waals surface area contributed by atoms with Gasteiger partial charge in [-0.05, 0) is 92.1 Å². The van der Waals surface area contributed by atoms with E-state index >= 15 is 0 Å². The number of aliphatic hydroxyl groups excluding tert-OH is 1. The smallest absolute Gasteiger partial charge is 0.0809 e. The second kappa shape index (κ2) is 6.73. The van der Waals surface area contributed by atoms with Crippen LogP contribution in [-0.4, -0.2) is 11.2 Å². The zero-order valence-corrected chi connectivity index (χ0v) is 18.1. The molecule has 152 valence electrons. The Balaban J connectivity index is 1.45. The summed E-state index contributed by atoms with van der Waals surface area (Å²) in [7, 11) is 0. The van der Waals surface area contributed by atoms with Crippen molar-refractivity contribution in [3.8, 4) is 0 Å². The minimum Gasteiger partial charge on any atom is -0.388 e. The summed E-state index contributed by atoms with van der Waals surface area (Å²) < 4.78 is 0. The maximum Gasteiger partial charge on any atom is 0.0809 e. The Bertz CT molecular complexity index is 761. The number of hydrogen-bond donors (Lipinski definition) is 1. The standard InChI is InChI=1S/C27H38O/c1-18-7-9-19(10-8-18)16-20-17-24-22-12-11-21-6-4-5-14-26(21,2)23(22)13-15-27(24,3)25(20)28/h7-10,16,21-25,28H,4-6,11-15,17H2,1-3H3/b20-16-/t21-,22+,23-,24-,25+,26+,27+/m1/s1. The Morgan fingerprint density at radius 3 is 2.46 bits per heavy atom. The van der Waals surface area contributed by atoms with Crippen LogP contribution in [0.15, 0.2) is 29.8 Å². The first-order chi connectivity index (χ1) is 13.4. The summed E-state index contributed by atoms with van der Waals surface area (Å²) in [5, 5.41) is 11.4. The van der Waals surface area contributed by atoms with Gasteiger partial charge in [0.2, 0.25) is 0 Å². The molecule has 4 saturated carbocycles. The SMILES string of the molecule is Cc1ccc(/C=C2/C[C@@H]3[C@H]4CC[C@H]5CCCC[C@]5(C)[C@@H]4CC[C@]3(C)[C@H]2O)cc1. The third-order valence-electron chi connectivity index (χ3n) is 9.88. The molecule has 0 spiro atoms. The van der Waals surface area contributed by atoms with E-state index in [9.17, 15) is 5.11 Å². The molecule has 1 nitrogen and oxygen atoms in total. The Morgan fingerprint density at radius 2 is 1.68 bits per heavy atom. The van der Waals surface area contributed by atoms with Gasteiger partial charge in [-0.15, -0.1) is 0 Å². The van der Waals surface area contributed by atoms with E-state index in [2.05, 4.69) is 51.1 Å². The largest absolute Gasteiger partial charge is 0.388 e. The summed E-state index contributed by atoms with van der Waals surface area (Å²) in [6, 6.07) is 8.78. The lowest BCUT2D eigenvalue weighted by Gasteiger charge is -2.60. The molecule has 0 unspecified atom stereocenters. The lowest BCUT2D eigenvalue weighted by molar-refractivity contribution is -0.119. The first-order valence-electron chi connectivity index (χ1n) is 11.9. The molecule has 4 fully saturated rings. The fourth-order valence-corrected chi connectivity index (χ4v) is 8.17. The van der Waals surface area contributed by atoms with Crippen LogP contribution < -0.4 is 0 Å². The molecule has 1 aromatic carbocycles. The molecule has 0 heterocycles. The number of hydrogen-bond acceptors (Lipinski definition) is 1. The highest BCUT2D eigenvalue weighted by molar-refractivity contribution is 5.56. The van der Waals surface area contributed by atoms with E-state index in [1.807, 2.05) is 0 Å². The van der Waals surface area contributed by atoms with Crippen LogP contribution in [0.4, 0.5) is 0 Å². The summed E-state index contributed by atoms with van der Waals surface area (Å²) in [6.45, 7) is 7.19. The first kappa shape index (κ1) is 18.9. The minimum atomic E-state index is -0.253. The zero-order valence-electron chi connectivity index (χ0n) is 18.1. The monoisotopic (exact) mass is 378 g/mol. The van der Waals surface area contributed by atoms with E-state index in [1.165, 1.54) is 68.1 Å². The molecule has 1 heteroatoms. The number of benzene rings is 1. The highest BCUT2D eigenvalue weighted by Gasteiger charge is 2.60. The summed E-state index contributed by atoms with van der Waals surface area (Å²) in [4.78, 5) is 0. The van der Waals surface area contributed by atoms with Crippen molar-refractivity contribution in [2.75, 3.05) is 0 Å². The summed E-state index contributed by atoms with van der Waals surface area (Å²) in [5.41, 5.74) is 4.52. The van der Waals surface area contributed by atoms with Gasteiger partial charge >= 0.3 is 0 Å². The van der Waals surface area contributed by atoms with Crippen molar-refractivity contribution in [3.63, 3.8) is 0 Å². The molecule has 0 amide bonds. The normalized spacial score (nSPS) is 46.7. The summed E-state index contributed by atoms with van der Waals surface area (Å²) >= 11 is 0. The predicted molar refractivity (Wildman–Crippen MR) is 117 cm³/mol. The molecule has 0 radical (unpaired) electrons. The highest BCUT2D eigenvalue weighted by Crippen LogP contribution is 2.67. The molecular formula is C27H38O. The third kappa shape index (κ3) is 2.76. The van der Waals surface area contributed by atoms with Crippen LogP contribution in [0.2, 0.25) is 0 Å². The van der Waals surface area contributed by atoms with E-state index in [1.54, 1.807) is 0 Å². The molecule has 4 aliphatic rings. The van der Waals surface area contributed by atoms with Crippen LogP contribution in [0.3, 0.4) is 0 Å². The average Bonchev–Trinajstić information content (AvgIpc) is 2.94. The van der Waals surface area contributed by atoms with E-state index < -0.39 is 0 Å². The van der Waals surface area contributed by atoms with Crippen LogP contribution in [0.5, 0.6) is 0 Å². The van der Waals surface area contributed by atoms with E-state index in [-0.39, 0.29) is 11.5 Å². The molecule has 4 aliphatic carbocycles. The fraction of sp³-hybridized carbons (Fsp3) is 0.704. The summed E-state index contributed by atoms with van der Waals surface area (Å²) in [5.74, 6) is 3.38. The van der Waals surface area contributed by atoms with Crippen molar-refractivity contribution in [2.45, 2.75) is 84.7 Å². The highest BCUT2D eigenvalue weighted by atomic mass is 16.3. The summed E-state index contributed by atoms with van der Waals surface area (Å²) in [6.07, 6.45) is 14.4. The van der Waals surface area contributed by atoms with Gasteiger partial charge in [0, 0.05) is 5.41 Å². The third-order valence-corrected chi connectivity index (χ3v) is 9.88. The van der Waals surface area contributed by atoms with Gasteiger partial charge in [0.05, 0.1) is 6.10 Å². The van der Waals surface area contributed by atoms with Gasteiger partial charge in [0.1, 0.15) is 0 Å². The van der Waals surface area contributed by atoms with Gasteiger partial charge in [0.25, 0.3) is 0 Å². The van der Waals surface area contributed by atoms with Gasteiger partial charge in [-0.2, -0.15) is 0 Å². The van der Waals surface area contributed by atoms with Crippen molar-refractivity contribution in [1.82, 2.24) is 0 Å². The van der Waals surface area contributed by atoms with Gasteiger partial charge in [0.15, 0.2) is 0 Å². The fourth-order valence-electron chi connectivity index (χ4n) is 8.17. The van der Waals surface area contributed by atoms with Gasteiger partial charge < -0.3 is 5.11 Å². The second-order valence-corrected chi connectivity index (χ2v) is 11.2. The molecule has 1 aromatic rings. The Hall–Kier alpha value is -1.08. The van der Waals surface area contributed by atoms with Crippen LogP contribution in [0.25, 0.3) is 6.08 Å². The molecule has 0 bridgehead atoms. The topological polar surface area (TPSA) is 20.2 Å². The molecule has 7 atom stereocenters. The molecule has 5 rings (SSSR count). The van der Waals surface area contributed by atoms with Gasteiger partial charge in [-0.3, -0.25) is 0 Å². The van der Waals surface area contributed by atoms with Crippen LogP contribution in [0.1, 0.15) is 82.8 Å². The van der Waals surface area contributed by atoms with E-state index in [4.69, 9.17) is 0 Å². The lowest BCUT2D eigenvalue weighted by atomic mass is 9.45. The minimum absolute atomic E-state index is 0.0928. The first-order valence-corrected chi connectivity index (χ1v) is 11.9. The second-order valence-electron chi connectivity index (χ2n) is 11.2. The zero-order chi connectivity index (χ0) is 19.5. The van der Waals surface area contributed by atoms with Crippen LogP contribution in [-0.2, 0) is 0 Å². The molecule has 0 aromatic heterocycles. The maximum atomic E-state index is 11.4. The predicted octanol–water partition coefficient (Wildman–Crippen LogP) is 6.78. The Kier molecular flexibility index (Phi) is 4.54. The molecule has 28 heavy (non-hydrogen) atoms. The quantitative estimate of drug-likeness (QED) is 0.571. The average molecular weight is 379 g/mol. The molecular weight excluding hydrogens is 340 g/mol. The number of fused-ring (bicyclic) bond motifs is 5. The van der Waals surface area contributed by atoms with Gasteiger partial charge in [-0.25, -0.2) is 0 Å². The Labute approximate surface area is 171 Å². The van der Waals surface area contributed by atoms with Crippen molar-refractivity contribution in [3.05, 3.63) is 41.0 Å². The number of rotatable bonds is 1. The number of aliphatic hydroxyl groups is 1.